The Morgan fingerprint density at radius 3 is 2.20 bits per heavy atom. The van der Waals surface area contributed by atoms with Gasteiger partial charge in [-0.25, -0.2) is 0 Å². The summed E-state index contributed by atoms with van der Waals surface area (Å²) >= 11 is 0. The molecule has 0 aliphatic heterocycles. The molecular weight excluding hydrogens is 364 g/mol. The highest BCUT2D eigenvalue weighted by atomic mass is 32.3. The van der Waals surface area contributed by atoms with Gasteiger partial charge < -0.3 is 5.32 Å². The maximum atomic E-state index is 13.6. The number of alkyl halides is 3. The highest BCUT2D eigenvalue weighted by Gasteiger charge is 2.37. The van der Waals surface area contributed by atoms with Gasteiger partial charge in [0.1, 0.15) is 4.90 Å². The summed E-state index contributed by atoms with van der Waals surface area (Å²) in [6.07, 6.45) is -4.16. The maximum absolute atomic E-state index is 13.6. The van der Waals surface area contributed by atoms with Crippen LogP contribution in [0.15, 0.2) is 17.0 Å². The van der Waals surface area contributed by atoms with Crippen LogP contribution in [0.25, 0.3) is 5.69 Å². The van der Waals surface area contributed by atoms with Gasteiger partial charge in [0.15, 0.2) is 0 Å². The van der Waals surface area contributed by atoms with Gasteiger partial charge in [0.2, 0.25) is 5.95 Å². The van der Waals surface area contributed by atoms with Gasteiger partial charge in [-0.15, -0.1) is 8.98 Å². The molecule has 1 aromatic carbocycles. The van der Waals surface area contributed by atoms with Gasteiger partial charge in [0, 0.05) is 7.05 Å². The zero-order chi connectivity index (χ0) is 19.0. The van der Waals surface area contributed by atoms with E-state index >= 15 is 0 Å². The van der Waals surface area contributed by atoms with Crippen LogP contribution in [0.3, 0.4) is 0 Å². The first-order valence-corrected chi connectivity index (χ1v) is 8.74. The second-order valence-corrected chi connectivity index (χ2v) is 6.47. The van der Waals surface area contributed by atoms with Crippen molar-refractivity contribution in [3.8, 4) is 5.69 Å². The molecule has 1 heterocycles. The van der Waals surface area contributed by atoms with Crippen LogP contribution in [-0.4, -0.2) is 30.2 Å². The van der Waals surface area contributed by atoms with E-state index in [1.165, 1.54) is 13.1 Å². The van der Waals surface area contributed by atoms with E-state index in [1.807, 2.05) is 0 Å². The second-order valence-electron chi connectivity index (χ2n) is 5.15. The molecule has 25 heavy (non-hydrogen) atoms. The SMILES string of the molecule is CCc1cc(CC)c(S(=O)(=O)F)cc1-n1nc(C(F)(F)F)nc1NC. The number of anilines is 1. The van der Waals surface area contributed by atoms with Crippen LogP contribution in [0.5, 0.6) is 0 Å². The summed E-state index contributed by atoms with van der Waals surface area (Å²) < 4.78 is 75.9. The molecule has 0 aliphatic rings. The van der Waals surface area contributed by atoms with E-state index in [0.29, 0.717) is 12.0 Å². The molecule has 2 rings (SSSR count). The Bertz CT molecular complexity index is 891. The van der Waals surface area contributed by atoms with Crippen LogP contribution in [-0.2, 0) is 29.2 Å². The van der Waals surface area contributed by atoms with Crippen molar-refractivity contribution in [1.29, 1.82) is 0 Å². The van der Waals surface area contributed by atoms with Crippen molar-refractivity contribution < 1.29 is 25.5 Å². The van der Waals surface area contributed by atoms with Gasteiger partial charge in [-0.05, 0) is 30.0 Å². The van der Waals surface area contributed by atoms with Gasteiger partial charge in [-0.2, -0.15) is 31.3 Å². The first-order valence-electron chi connectivity index (χ1n) is 7.35. The molecule has 1 N–H and O–H groups in total. The lowest BCUT2D eigenvalue weighted by atomic mass is 10.0. The van der Waals surface area contributed by atoms with Crippen molar-refractivity contribution in [2.75, 3.05) is 12.4 Å². The third-order valence-corrected chi connectivity index (χ3v) is 4.50. The van der Waals surface area contributed by atoms with E-state index < -0.39 is 27.1 Å². The van der Waals surface area contributed by atoms with Crippen molar-refractivity contribution in [2.45, 2.75) is 37.8 Å². The predicted molar refractivity (Wildman–Crippen MR) is 83.0 cm³/mol. The number of hydrogen-bond donors (Lipinski definition) is 1. The average Bonchev–Trinajstić information content (AvgIpc) is 2.96. The first kappa shape index (κ1) is 19.2. The number of hydrogen-bond acceptors (Lipinski definition) is 5. The highest BCUT2D eigenvalue weighted by molar-refractivity contribution is 7.86. The van der Waals surface area contributed by atoms with Crippen LogP contribution < -0.4 is 5.32 Å². The zero-order valence-electron chi connectivity index (χ0n) is 13.6. The molecule has 0 fully saturated rings. The van der Waals surface area contributed by atoms with Crippen molar-refractivity contribution in [1.82, 2.24) is 14.8 Å². The monoisotopic (exact) mass is 380 g/mol. The Morgan fingerprint density at radius 1 is 1.16 bits per heavy atom. The van der Waals surface area contributed by atoms with Crippen LogP contribution >= 0.6 is 0 Å². The molecule has 0 aliphatic carbocycles. The molecule has 0 bridgehead atoms. The number of benzene rings is 1. The fourth-order valence-corrected chi connectivity index (χ4v) is 3.18. The van der Waals surface area contributed by atoms with E-state index in [2.05, 4.69) is 15.4 Å². The smallest absolute Gasteiger partial charge is 0.357 e. The fourth-order valence-electron chi connectivity index (χ4n) is 2.41. The molecule has 1 aromatic heterocycles. The van der Waals surface area contributed by atoms with Gasteiger partial charge in [0.25, 0.3) is 5.82 Å². The predicted octanol–water partition coefficient (Wildman–Crippen LogP) is 3.11. The Hall–Kier alpha value is -2.17. The van der Waals surface area contributed by atoms with E-state index in [0.717, 1.165) is 10.7 Å². The lowest BCUT2D eigenvalue weighted by molar-refractivity contribution is -0.144. The second kappa shape index (κ2) is 6.62. The minimum atomic E-state index is -5.05. The first-order chi connectivity index (χ1) is 11.5. The molecule has 0 amide bonds. The van der Waals surface area contributed by atoms with E-state index in [-0.39, 0.29) is 23.6 Å². The van der Waals surface area contributed by atoms with Crippen molar-refractivity contribution in [2.24, 2.45) is 0 Å². The number of rotatable bonds is 5. The summed E-state index contributed by atoms with van der Waals surface area (Å²) in [5.74, 6) is -1.63. The summed E-state index contributed by atoms with van der Waals surface area (Å²) in [7, 11) is -3.70. The largest absolute Gasteiger partial charge is 0.453 e. The van der Waals surface area contributed by atoms with E-state index in [1.54, 1.807) is 13.8 Å². The van der Waals surface area contributed by atoms with E-state index in [4.69, 9.17) is 0 Å². The Kier molecular flexibility index (Phi) is 5.07. The van der Waals surface area contributed by atoms with Gasteiger partial charge in [-0.1, -0.05) is 19.9 Å². The Balaban J connectivity index is 2.80. The molecule has 6 nitrogen and oxygen atoms in total. The fraction of sp³-hybridized carbons (Fsp3) is 0.429. The lowest BCUT2D eigenvalue weighted by Gasteiger charge is -2.14. The molecule has 138 valence electrons. The molecular formula is C14H16F4N4O2S. The summed E-state index contributed by atoms with van der Waals surface area (Å²) in [6, 6.07) is 2.44. The lowest BCUT2D eigenvalue weighted by Crippen LogP contribution is -2.11. The van der Waals surface area contributed by atoms with Crippen molar-refractivity contribution >= 4 is 16.2 Å². The quantitative estimate of drug-likeness (QED) is 0.637. The van der Waals surface area contributed by atoms with Gasteiger partial charge in [0.05, 0.1) is 5.69 Å². The molecule has 11 heteroatoms. The summed E-state index contributed by atoms with van der Waals surface area (Å²) in [5, 5.41) is 5.88. The molecule has 0 saturated carbocycles. The molecule has 0 saturated heterocycles. The molecule has 2 aromatic rings. The minimum absolute atomic E-state index is 0.0169. The van der Waals surface area contributed by atoms with Crippen LogP contribution in [0, 0.1) is 0 Å². The summed E-state index contributed by atoms with van der Waals surface area (Å²) in [4.78, 5) is 2.77. The maximum Gasteiger partial charge on any atom is 0.453 e. The van der Waals surface area contributed by atoms with Crippen molar-refractivity contribution in [3.05, 3.63) is 29.1 Å². The molecule has 0 spiro atoms. The zero-order valence-corrected chi connectivity index (χ0v) is 14.5. The number of nitrogens with zero attached hydrogens (tertiary/aromatic N) is 3. The Morgan fingerprint density at radius 2 is 1.76 bits per heavy atom. The summed E-state index contributed by atoms with van der Waals surface area (Å²) in [5.41, 5.74) is 0.771. The van der Waals surface area contributed by atoms with Gasteiger partial charge in [-0.3, -0.25) is 0 Å². The average molecular weight is 380 g/mol. The third kappa shape index (κ3) is 3.75. The third-order valence-electron chi connectivity index (χ3n) is 3.60. The number of halogens is 4. The number of aryl methyl sites for hydroxylation is 2. The topological polar surface area (TPSA) is 76.9 Å². The normalized spacial score (nSPS) is 12.4. The number of aromatic nitrogens is 3. The van der Waals surface area contributed by atoms with Crippen LogP contribution in [0.1, 0.15) is 30.8 Å². The Labute approximate surface area is 142 Å². The highest BCUT2D eigenvalue weighted by Crippen LogP contribution is 2.31. The standard InChI is InChI=1S/C14H16F4N4O2S/c1-4-8-6-9(5-2)11(25(18,23)24)7-10(8)22-13(19-3)20-12(21-22)14(15,16)17/h6-7H,4-5H2,1-3H3,(H,19,20,21). The number of nitrogens with one attached hydrogen (secondary N) is 1. The van der Waals surface area contributed by atoms with Crippen LogP contribution in [0.4, 0.5) is 23.0 Å². The minimum Gasteiger partial charge on any atom is -0.357 e. The molecule has 0 radical (unpaired) electrons. The van der Waals surface area contributed by atoms with Gasteiger partial charge >= 0.3 is 16.4 Å². The summed E-state index contributed by atoms with van der Waals surface area (Å²) in [6.45, 7) is 3.39. The van der Waals surface area contributed by atoms with Crippen LogP contribution in [0.2, 0.25) is 0 Å². The van der Waals surface area contributed by atoms with E-state index in [9.17, 15) is 25.5 Å². The molecule has 0 unspecified atom stereocenters. The molecule has 0 atom stereocenters. The van der Waals surface area contributed by atoms with Crippen molar-refractivity contribution in [3.63, 3.8) is 0 Å².